The molecule has 19 heavy (non-hydrogen) atoms. The summed E-state index contributed by atoms with van der Waals surface area (Å²) in [6.07, 6.45) is 1.06. The number of carbonyl (C=O) groups is 2. The molecular formula is C14H16KNO3. The van der Waals surface area contributed by atoms with Crippen LogP contribution in [0.15, 0.2) is 30.3 Å². The Hall–Kier alpha value is -0.204. The zero-order valence-corrected chi connectivity index (χ0v) is 14.5. The molecule has 4 nitrogen and oxygen atoms in total. The van der Waals surface area contributed by atoms with Gasteiger partial charge in [-0.15, -0.1) is 0 Å². The second-order valence-corrected chi connectivity index (χ2v) is 4.94. The molecule has 1 aliphatic heterocycles. The van der Waals surface area contributed by atoms with Crippen LogP contribution in [-0.4, -0.2) is 23.3 Å². The van der Waals surface area contributed by atoms with E-state index >= 15 is 0 Å². The van der Waals surface area contributed by atoms with E-state index in [-0.39, 0.29) is 57.3 Å². The van der Waals surface area contributed by atoms with Gasteiger partial charge < -0.3 is 14.8 Å². The summed E-state index contributed by atoms with van der Waals surface area (Å²) in [7, 11) is 0. The molecule has 0 N–H and O–H groups in total. The minimum atomic E-state index is -1.37. The molecule has 1 atom stereocenters. The normalized spacial score (nSPS) is 22.8. The number of aliphatic carboxylic acids is 1. The second kappa shape index (κ2) is 6.99. The first-order valence-electron chi connectivity index (χ1n) is 6.09. The Kier molecular flexibility index (Phi) is 6.20. The number of amides is 1. The molecule has 0 aromatic heterocycles. The van der Waals surface area contributed by atoms with Crippen molar-refractivity contribution in [2.45, 2.75) is 26.3 Å². The zero-order chi connectivity index (χ0) is 13.2. The number of likely N-dealkylation sites (tertiary alicyclic amines) is 1. The van der Waals surface area contributed by atoms with Crippen LogP contribution in [0.2, 0.25) is 0 Å². The van der Waals surface area contributed by atoms with Crippen molar-refractivity contribution < 1.29 is 66.1 Å². The van der Waals surface area contributed by atoms with Crippen molar-refractivity contribution in [3.05, 3.63) is 35.9 Å². The van der Waals surface area contributed by atoms with Crippen molar-refractivity contribution in [2.24, 2.45) is 5.41 Å². The standard InChI is InChI=1S/C14H17NO3.K/c1-14(13(17)18)8-5-9-15(12(14)16)10-11-6-3-2-4-7-11;/h2-4,6-7H,5,8-10H2,1H3,(H,17,18);/q;+1/p-1. The van der Waals surface area contributed by atoms with Crippen LogP contribution in [0.5, 0.6) is 0 Å². The Bertz CT molecular complexity index is 463. The molecule has 1 unspecified atom stereocenters. The van der Waals surface area contributed by atoms with E-state index < -0.39 is 11.4 Å². The average molecular weight is 285 g/mol. The van der Waals surface area contributed by atoms with Gasteiger partial charge in [-0.25, -0.2) is 0 Å². The zero-order valence-electron chi connectivity index (χ0n) is 11.4. The number of carboxylic acids is 1. The number of carbonyl (C=O) groups excluding carboxylic acids is 2. The fourth-order valence-electron chi connectivity index (χ4n) is 2.32. The molecule has 1 heterocycles. The van der Waals surface area contributed by atoms with E-state index in [1.54, 1.807) is 4.90 Å². The summed E-state index contributed by atoms with van der Waals surface area (Å²) in [5.41, 5.74) is -0.360. The summed E-state index contributed by atoms with van der Waals surface area (Å²) in [5, 5.41) is 11.1. The van der Waals surface area contributed by atoms with Crippen LogP contribution in [-0.2, 0) is 16.1 Å². The third-order valence-electron chi connectivity index (χ3n) is 3.53. The van der Waals surface area contributed by atoms with Gasteiger partial charge in [0.25, 0.3) is 0 Å². The largest absolute Gasteiger partial charge is 1.00 e. The van der Waals surface area contributed by atoms with Crippen molar-refractivity contribution in [3.8, 4) is 0 Å². The first-order chi connectivity index (χ1) is 8.54. The van der Waals surface area contributed by atoms with E-state index in [1.807, 2.05) is 30.3 Å². The van der Waals surface area contributed by atoms with Crippen LogP contribution in [0, 0.1) is 5.41 Å². The fourth-order valence-corrected chi connectivity index (χ4v) is 2.32. The minimum absolute atomic E-state index is 0. The predicted octanol–water partition coefficient (Wildman–Crippen LogP) is -2.43. The van der Waals surface area contributed by atoms with E-state index in [4.69, 9.17) is 0 Å². The number of rotatable bonds is 3. The summed E-state index contributed by atoms with van der Waals surface area (Å²) in [5.74, 6) is -1.61. The van der Waals surface area contributed by atoms with E-state index in [0.29, 0.717) is 25.9 Å². The van der Waals surface area contributed by atoms with E-state index in [9.17, 15) is 14.7 Å². The van der Waals surface area contributed by atoms with Gasteiger partial charge in [-0.2, -0.15) is 0 Å². The van der Waals surface area contributed by atoms with Crippen molar-refractivity contribution in [1.29, 1.82) is 0 Å². The number of piperidine rings is 1. The van der Waals surface area contributed by atoms with Gasteiger partial charge in [0.15, 0.2) is 0 Å². The van der Waals surface area contributed by atoms with Crippen LogP contribution >= 0.6 is 0 Å². The van der Waals surface area contributed by atoms with Crippen LogP contribution in [0.25, 0.3) is 0 Å². The molecule has 5 heteroatoms. The average Bonchev–Trinajstić information content (AvgIpc) is 2.36. The minimum Gasteiger partial charge on any atom is -0.549 e. The van der Waals surface area contributed by atoms with Gasteiger partial charge in [-0.1, -0.05) is 30.3 Å². The van der Waals surface area contributed by atoms with Gasteiger partial charge in [0.1, 0.15) is 0 Å². The predicted molar refractivity (Wildman–Crippen MR) is 64.2 cm³/mol. The van der Waals surface area contributed by atoms with Crippen molar-refractivity contribution in [3.63, 3.8) is 0 Å². The molecule has 0 saturated carbocycles. The third kappa shape index (κ3) is 3.67. The van der Waals surface area contributed by atoms with Gasteiger partial charge in [0.2, 0.25) is 5.91 Å². The maximum atomic E-state index is 12.2. The van der Waals surface area contributed by atoms with Gasteiger partial charge in [0.05, 0.1) is 11.4 Å². The molecular weight excluding hydrogens is 269 g/mol. The molecule has 0 radical (unpaired) electrons. The molecule has 0 aliphatic carbocycles. The topological polar surface area (TPSA) is 60.4 Å². The van der Waals surface area contributed by atoms with Crippen molar-refractivity contribution >= 4 is 11.9 Å². The molecule has 96 valence electrons. The molecule has 1 amide bonds. The summed E-state index contributed by atoms with van der Waals surface area (Å²) >= 11 is 0. The summed E-state index contributed by atoms with van der Waals surface area (Å²) in [4.78, 5) is 24.9. The third-order valence-corrected chi connectivity index (χ3v) is 3.53. The number of nitrogens with zero attached hydrogens (tertiary/aromatic N) is 1. The SMILES string of the molecule is CC1(C(=O)[O-])CCCN(Cc2ccccc2)C1=O.[K+]. The van der Waals surface area contributed by atoms with E-state index in [2.05, 4.69) is 0 Å². The molecule has 1 aromatic carbocycles. The Morgan fingerprint density at radius 2 is 2.00 bits per heavy atom. The molecule has 1 fully saturated rings. The summed E-state index contributed by atoms with van der Waals surface area (Å²) < 4.78 is 0. The Labute approximate surface area is 155 Å². The van der Waals surface area contributed by atoms with Gasteiger partial charge >= 0.3 is 51.4 Å². The number of carboxylic acid groups (broad SMARTS) is 1. The van der Waals surface area contributed by atoms with Crippen molar-refractivity contribution in [1.82, 2.24) is 4.90 Å². The van der Waals surface area contributed by atoms with Gasteiger partial charge in [0, 0.05) is 13.1 Å². The maximum absolute atomic E-state index is 12.2. The smallest absolute Gasteiger partial charge is 0.549 e. The maximum Gasteiger partial charge on any atom is 1.00 e. The Balaban J connectivity index is 0.00000180. The number of hydrogen-bond donors (Lipinski definition) is 0. The molecule has 1 aliphatic rings. The summed E-state index contributed by atoms with van der Waals surface area (Å²) in [6.45, 7) is 2.53. The molecule has 1 aromatic rings. The molecule has 1 saturated heterocycles. The van der Waals surface area contributed by atoms with Crippen LogP contribution < -0.4 is 56.5 Å². The first-order valence-corrected chi connectivity index (χ1v) is 6.09. The Morgan fingerprint density at radius 1 is 1.37 bits per heavy atom. The Morgan fingerprint density at radius 3 is 2.58 bits per heavy atom. The van der Waals surface area contributed by atoms with Gasteiger partial charge in [-0.3, -0.25) is 4.79 Å². The van der Waals surface area contributed by atoms with Crippen LogP contribution in [0.1, 0.15) is 25.3 Å². The monoisotopic (exact) mass is 285 g/mol. The van der Waals surface area contributed by atoms with Crippen molar-refractivity contribution in [2.75, 3.05) is 6.54 Å². The number of hydrogen-bond acceptors (Lipinski definition) is 3. The quantitative estimate of drug-likeness (QED) is 0.458. The van der Waals surface area contributed by atoms with Crippen LogP contribution in [0.4, 0.5) is 0 Å². The molecule has 0 spiro atoms. The molecule has 0 bridgehead atoms. The molecule has 2 rings (SSSR count). The second-order valence-electron chi connectivity index (χ2n) is 4.94. The van der Waals surface area contributed by atoms with E-state index in [0.717, 1.165) is 5.56 Å². The van der Waals surface area contributed by atoms with Gasteiger partial charge in [-0.05, 0) is 25.3 Å². The van der Waals surface area contributed by atoms with Crippen LogP contribution in [0.3, 0.4) is 0 Å². The van der Waals surface area contributed by atoms with E-state index in [1.165, 1.54) is 6.92 Å². The number of benzene rings is 1. The first kappa shape index (κ1) is 16.8. The summed E-state index contributed by atoms with van der Waals surface area (Å²) in [6, 6.07) is 9.58. The fraction of sp³-hybridized carbons (Fsp3) is 0.429.